The predicted molar refractivity (Wildman–Crippen MR) is 87.8 cm³/mol. The molecule has 4 heteroatoms. The molecule has 112 valence electrons. The Kier molecular flexibility index (Phi) is 7.85. The van der Waals surface area contributed by atoms with Crippen LogP contribution in [0.3, 0.4) is 0 Å². The highest BCUT2D eigenvalue weighted by Crippen LogP contribution is 2.21. The summed E-state index contributed by atoms with van der Waals surface area (Å²) >= 11 is 3.54. The summed E-state index contributed by atoms with van der Waals surface area (Å²) in [5.74, 6) is 0.176. The average Bonchev–Trinajstić information content (AvgIpc) is 2.44. The first-order valence-electron chi connectivity index (χ1n) is 7.32. The van der Waals surface area contributed by atoms with Crippen LogP contribution in [-0.4, -0.2) is 25.0 Å². The van der Waals surface area contributed by atoms with Gasteiger partial charge in [-0.25, -0.2) is 0 Å². The van der Waals surface area contributed by atoms with E-state index in [4.69, 9.17) is 0 Å². The largest absolute Gasteiger partial charge is 0.354 e. The molecule has 0 aliphatic carbocycles. The summed E-state index contributed by atoms with van der Waals surface area (Å²) in [6.07, 6.45) is 1.63. The highest BCUT2D eigenvalue weighted by atomic mass is 79.9. The van der Waals surface area contributed by atoms with Gasteiger partial charge in [0.25, 0.3) is 0 Å². The molecule has 1 rings (SSSR count). The molecule has 0 aliphatic heterocycles. The van der Waals surface area contributed by atoms with Crippen LogP contribution in [0.25, 0.3) is 0 Å². The van der Waals surface area contributed by atoms with Crippen molar-refractivity contribution in [3.63, 3.8) is 0 Å². The van der Waals surface area contributed by atoms with Crippen molar-refractivity contribution >= 4 is 21.8 Å². The second-order valence-electron chi connectivity index (χ2n) is 5.10. The number of carbonyl (C=O) groups is 1. The Morgan fingerprint density at radius 1 is 1.30 bits per heavy atom. The van der Waals surface area contributed by atoms with Crippen LogP contribution in [0.15, 0.2) is 28.7 Å². The van der Waals surface area contributed by atoms with Gasteiger partial charge in [-0.05, 0) is 37.9 Å². The van der Waals surface area contributed by atoms with E-state index < -0.39 is 0 Å². The van der Waals surface area contributed by atoms with Crippen molar-refractivity contribution in [3.8, 4) is 0 Å². The van der Waals surface area contributed by atoms with Crippen LogP contribution in [0.5, 0.6) is 0 Å². The smallest absolute Gasteiger partial charge is 0.223 e. The maximum atomic E-state index is 12.2. The van der Waals surface area contributed by atoms with E-state index in [1.54, 1.807) is 0 Å². The lowest BCUT2D eigenvalue weighted by Crippen LogP contribution is -2.41. The molecule has 0 spiro atoms. The number of likely N-dealkylation sites (N-methyl/N-ethyl adjacent to an activating group) is 1. The molecule has 1 unspecified atom stereocenters. The van der Waals surface area contributed by atoms with Crippen molar-refractivity contribution in [1.29, 1.82) is 0 Å². The van der Waals surface area contributed by atoms with Gasteiger partial charge >= 0.3 is 0 Å². The maximum absolute atomic E-state index is 12.2. The zero-order valence-electron chi connectivity index (χ0n) is 12.6. The van der Waals surface area contributed by atoms with Gasteiger partial charge in [0.2, 0.25) is 5.91 Å². The Bertz CT molecular complexity index is 423. The van der Waals surface area contributed by atoms with Crippen LogP contribution in [0.4, 0.5) is 0 Å². The molecule has 0 heterocycles. The SMILES string of the molecule is CCN[C@H](C)CNC(=O)C(CC)Cc1ccccc1Br. The van der Waals surface area contributed by atoms with Crippen molar-refractivity contribution < 1.29 is 4.79 Å². The highest BCUT2D eigenvalue weighted by Gasteiger charge is 2.18. The van der Waals surface area contributed by atoms with Crippen molar-refractivity contribution in [3.05, 3.63) is 34.3 Å². The maximum Gasteiger partial charge on any atom is 0.223 e. The zero-order chi connectivity index (χ0) is 15.0. The van der Waals surface area contributed by atoms with Crippen LogP contribution in [0.2, 0.25) is 0 Å². The summed E-state index contributed by atoms with van der Waals surface area (Å²) in [5, 5.41) is 6.34. The van der Waals surface area contributed by atoms with E-state index in [2.05, 4.69) is 53.4 Å². The first-order valence-corrected chi connectivity index (χ1v) is 8.12. The fourth-order valence-corrected chi connectivity index (χ4v) is 2.62. The highest BCUT2D eigenvalue weighted by molar-refractivity contribution is 9.10. The molecule has 0 radical (unpaired) electrons. The second-order valence-corrected chi connectivity index (χ2v) is 5.96. The summed E-state index contributed by atoms with van der Waals surface area (Å²) < 4.78 is 1.08. The lowest BCUT2D eigenvalue weighted by atomic mass is 9.96. The molecule has 1 amide bonds. The number of hydrogen-bond acceptors (Lipinski definition) is 2. The van der Waals surface area contributed by atoms with Crippen molar-refractivity contribution in [2.45, 2.75) is 39.7 Å². The van der Waals surface area contributed by atoms with Crippen LogP contribution in [-0.2, 0) is 11.2 Å². The molecule has 20 heavy (non-hydrogen) atoms. The number of rotatable bonds is 8. The monoisotopic (exact) mass is 340 g/mol. The Balaban J connectivity index is 2.53. The van der Waals surface area contributed by atoms with Crippen LogP contribution < -0.4 is 10.6 Å². The predicted octanol–water partition coefficient (Wildman–Crippen LogP) is 3.13. The van der Waals surface area contributed by atoms with E-state index >= 15 is 0 Å². The molecule has 0 aliphatic rings. The number of halogens is 1. The van der Waals surface area contributed by atoms with Crippen molar-refractivity contribution in [2.75, 3.05) is 13.1 Å². The van der Waals surface area contributed by atoms with E-state index in [0.717, 1.165) is 23.9 Å². The third-order valence-electron chi connectivity index (χ3n) is 3.42. The van der Waals surface area contributed by atoms with Gasteiger partial charge in [0.05, 0.1) is 0 Å². The third-order valence-corrected chi connectivity index (χ3v) is 4.20. The van der Waals surface area contributed by atoms with Gasteiger partial charge in [-0.2, -0.15) is 0 Å². The molecule has 0 bridgehead atoms. The summed E-state index contributed by atoms with van der Waals surface area (Å²) in [6.45, 7) is 7.82. The molecular formula is C16H25BrN2O. The molecule has 0 fully saturated rings. The molecule has 0 aromatic heterocycles. The lowest BCUT2D eigenvalue weighted by Gasteiger charge is -2.18. The minimum Gasteiger partial charge on any atom is -0.354 e. The Labute approximate surface area is 130 Å². The lowest BCUT2D eigenvalue weighted by molar-refractivity contribution is -0.125. The quantitative estimate of drug-likeness (QED) is 0.763. The van der Waals surface area contributed by atoms with Gasteiger partial charge in [-0.1, -0.05) is 48.0 Å². The van der Waals surface area contributed by atoms with Gasteiger partial charge in [-0.3, -0.25) is 4.79 Å². The molecular weight excluding hydrogens is 316 g/mol. The summed E-state index contributed by atoms with van der Waals surface area (Å²) in [6, 6.07) is 8.41. The van der Waals surface area contributed by atoms with Crippen LogP contribution in [0, 0.1) is 5.92 Å². The molecule has 2 atom stereocenters. The molecule has 3 nitrogen and oxygen atoms in total. The number of carbonyl (C=O) groups excluding carboxylic acids is 1. The first kappa shape index (κ1) is 17.2. The van der Waals surface area contributed by atoms with Gasteiger partial charge in [0, 0.05) is 23.0 Å². The van der Waals surface area contributed by atoms with E-state index in [1.807, 2.05) is 18.2 Å². The molecule has 0 saturated carbocycles. The molecule has 1 aromatic carbocycles. The van der Waals surface area contributed by atoms with Gasteiger partial charge in [-0.15, -0.1) is 0 Å². The fraction of sp³-hybridized carbons (Fsp3) is 0.562. The molecule has 1 aromatic rings. The van der Waals surface area contributed by atoms with E-state index in [9.17, 15) is 4.79 Å². The summed E-state index contributed by atoms with van der Waals surface area (Å²) in [4.78, 5) is 12.2. The normalized spacial score (nSPS) is 13.8. The van der Waals surface area contributed by atoms with Gasteiger partial charge in [0.1, 0.15) is 0 Å². The van der Waals surface area contributed by atoms with Crippen molar-refractivity contribution in [2.24, 2.45) is 5.92 Å². The van der Waals surface area contributed by atoms with E-state index in [1.165, 1.54) is 5.56 Å². The summed E-state index contributed by atoms with van der Waals surface area (Å²) in [5.41, 5.74) is 1.19. The minimum absolute atomic E-state index is 0.0301. The Morgan fingerprint density at radius 3 is 2.60 bits per heavy atom. The van der Waals surface area contributed by atoms with Crippen LogP contribution in [0.1, 0.15) is 32.8 Å². The minimum atomic E-state index is 0.0301. The second kappa shape index (κ2) is 9.14. The topological polar surface area (TPSA) is 41.1 Å². The number of hydrogen-bond donors (Lipinski definition) is 2. The first-order chi connectivity index (χ1) is 9.58. The number of amides is 1. The van der Waals surface area contributed by atoms with Crippen LogP contribution >= 0.6 is 15.9 Å². The Hall–Kier alpha value is -0.870. The average molecular weight is 341 g/mol. The zero-order valence-corrected chi connectivity index (χ0v) is 14.2. The van der Waals surface area contributed by atoms with Crippen molar-refractivity contribution in [1.82, 2.24) is 10.6 Å². The summed E-state index contributed by atoms with van der Waals surface area (Å²) in [7, 11) is 0. The fourth-order valence-electron chi connectivity index (χ4n) is 2.17. The van der Waals surface area contributed by atoms with E-state index in [-0.39, 0.29) is 11.8 Å². The molecule has 2 N–H and O–H groups in total. The third kappa shape index (κ3) is 5.63. The molecule has 0 saturated heterocycles. The number of benzene rings is 1. The number of nitrogens with one attached hydrogen (secondary N) is 2. The standard InChI is InChI=1S/C16H25BrN2O/c1-4-13(10-14-8-6-7-9-15(14)17)16(20)19-11-12(3)18-5-2/h6-9,12-13,18H,4-5,10-11H2,1-3H3,(H,19,20)/t12-,13?/m1/s1. The van der Waals surface area contributed by atoms with Gasteiger partial charge < -0.3 is 10.6 Å². The van der Waals surface area contributed by atoms with Gasteiger partial charge in [0.15, 0.2) is 0 Å². The Morgan fingerprint density at radius 2 is 2.00 bits per heavy atom. The van der Waals surface area contributed by atoms with E-state index in [0.29, 0.717) is 12.6 Å².